The fourth-order valence-electron chi connectivity index (χ4n) is 2.08. The van der Waals surface area contributed by atoms with Crippen molar-refractivity contribution >= 4 is 10.0 Å². The molecule has 1 saturated heterocycles. The molecule has 2 N–H and O–H groups in total. The van der Waals surface area contributed by atoms with Gasteiger partial charge in [-0.25, -0.2) is 13.6 Å². The molecule has 1 heterocycles. The zero-order chi connectivity index (χ0) is 13.9. The molecule has 0 amide bonds. The van der Waals surface area contributed by atoms with E-state index in [0.29, 0.717) is 12.4 Å². The largest absolute Gasteiger partial charge is 0.491 e. The predicted octanol–water partition coefficient (Wildman–Crippen LogP) is 1.59. The number of primary sulfonamides is 1. The number of aryl methyl sites for hydroxylation is 1. The fraction of sp³-hybridized carbons (Fsp3) is 0.538. The molecular formula is C13H19NO4S. The van der Waals surface area contributed by atoms with Gasteiger partial charge in [-0.2, -0.15) is 0 Å². The monoisotopic (exact) mass is 285 g/mol. The Bertz CT molecular complexity index is 536. The van der Waals surface area contributed by atoms with Crippen molar-refractivity contribution in [1.82, 2.24) is 0 Å². The van der Waals surface area contributed by atoms with Gasteiger partial charge in [0.05, 0.1) is 11.0 Å². The number of hydrogen-bond donors (Lipinski definition) is 1. The Balaban J connectivity index is 2.01. The third-order valence-electron chi connectivity index (χ3n) is 3.17. The maximum Gasteiger partial charge on any atom is 0.238 e. The van der Waals surface area contributed by atoms with Gasteiger partial charge < -0.3 is 9.47 Å². The summed E-state index contributed by atoms with van der Waals surface area (Å²) in [4.78, 5) is 0.103. The van der Waals surface area contributed by atoms with Gasteiger partial charge in [0.15, 0.2) is 0 Å². The summed E-state index contributed by atoms with van der Waals surface area (Å²) in [5.41, 5.74) is 0.752. The molecule has 2 rings (SSSR count). The van der Waals surface area contributed by atoms with Gasteiger partial charge in [0.2, 0.25) is 10.0 Å². The Labute approximate surface area is 113 Å². The van der Waals surface area contributed by atoms with Crippen LogP contribution in [0.5, 0.6) is 5.75 Å². The number of ether oxygens (including phenoxy) is 2. The molecule has 0 bridgehead atoms. The topological polar surface area (TPSA) is 78.6 Å². The van der Waals surface area contributed by atoms with Crippen molar-refractivity contribution in [2.45, 2.75) is 37.2 Å². The van der Waals surface area contributed by atoms with E-state index >= 15 is 0 Å². The Morgan fingerprint density at radius 2 is 2.21 bits per heavy atom. The standard InChI is InChI=1S/C13H19NO4S/c1-10-8-12(19(14,15)16)5-6-13(10)18-9-11-4-2-3-7-17-11/h5-6,8,11H,2-4,7,9H2,1H3,(H2,14,15,16). The van der Waals surface area contributed by atoms with Crippen LogP contribution in [0.25, 0.3) is 0 Å². The second-order valence-electron chi connectivity index (χ2n) is 4.77. The van der Waals surface area contributed by atoms with Crippen LogP contribution in [-0.2, 0) is 14.8 Å². The highest BCUT2D eigenvalue weighted by Crippen LogP contribution is 2.22. The normalized spacial score (nSPS) is 20.2. The molecule has 0 radical (unpaired) electrons. The maximum absolute atomic E-state index is 11.2. The van der Waals surface area contributed by atoms with Crippen LogP contribution in [-0.4, -0.2) is 27.7 Å². The first-order chi connectivity index (χ1) is 8.97. The molecule has 1 aliphatic rings. The van der Waals surface area contributed by atoms with Crippen molar-refractivity contribution in [3.63, 3.8) is 0 Å². The van der Waals surface area contributed by atoms with Gasteiger partial charge in [0.25, 0.3) is 0 Å². The van der Waals surface area contributed by atoms with Crippen LogP contribution in [0, 0.1) is 6.92 Å². The van der Waals surface area contributed by atoms with E-state index < -0.39 is 10.0 Å². The lowest BCUT2D eigenvalue weighted by Gasteiger charge is -2.23. The highest BCUT2D eigenvalue weighted by Gasteiger charge is 2.15. The molecule has 0 spiro atoms. The van der Waals surface area contributed by atoms with Gasteiger partial charge in [-0.1, -0.05) is 0 Å². The predicted molar refractivity (Wildman–Crippen MR) is 71.6 cm³/mol. The van der Waals surface area contributed by atoms with Crippen molar-refractivity contribution in [3.8, 4) is 5.75 Å². The summed E-state index contributed by atoms with van der Waals surface area (Å²) in [5.74, 6) is 0.668. The van der Waals surface area contributed by atoms with E-state index in [1.54, 1.807) is 13.0 Å². The van der Waals surface area contributed by atoms with Crippen molar-refractivity contribution in [2.24, 2.45) is 5.14 Å². The lowest BCUT2D eigenvalue weighted by atomic mass is 10.1. The number of benzene rings is 1. The fourth-order valence-corrected chi connectivity index (χ4v) is 2.68. The molecule has 5 nitrogen and oxygen atoms in total. The van der Waals surface area contributed by atoms with Crippen molar-refractivity contribution in [3.05, 3.63) is 23.8 Å². The molecule has 1 aromatic carbocycles. The third kappa shape index (κ3) is 3.92. The van der Waals surface area contributed by atoms with E-state index in [-0.39, 0.29) is 11.0 Å². The van der Waals surface area contributed by atoms with Crippen LogP contribution < -0.4 is 9.88 Å². The van der Waals surface area contributed by atoms with Crippen LogP contribution in [0.1, 0.15) is 24.8 Å². The number of hydrogen-bond acceptors (Lipinski definition) is 4. The lowest BCUT2D eigenvalue weighted by Crippen LogP contribution is -2.26. The molecule has 1 aromatic rings. The summed E-state index contributed by atoms with van der Waals surface area (Å²) in [6, 6.07) is 4.61. The first-order valence-electron chi connectivity index (χ1n) is 6.34. The van der Waals surface area contributed by atoms with Gasteiger partial charge in [-0.15, -0.1) is 0 Å². The van der Waals surface area contributed by atoms with E-state index in [4.69, 9.17) is 14.6 Å². The zero-order valence-corrected chi connectivity index (χ0v) is 11.8. The zero-order valence-electron chi connectivity index (χ0n) is 11.0. The van der Waals surface area contributed by atoms with Gasteiger partial charge in [0.1, 0.15) is 12.4 Å². The Morgan fingerprint density at radius 3 is 2.79 bits per heavy atom. The third-order valence-corrected chi connectivity index (χ3v) is 4.08. The van der Waals surface area contributed by atoms with Gasteiger partial charge in [-0.05, 0) is 49.9 Å². The Morgan fingerprint density at radius 1 is 1.42 bits per heavy atom. The number of nitrogens with two attached hydrogens (primary N) is 1. The summed E-state index contributed by atoms with van der Waals surface area (Å²) in [5, 5.41) is 5.08. The molecular weight excluding hydrogens is 266 g/mol. The Kier molecular flexibility index (Phi) is 4.44. The molecule has 106 valence electrons. The van der Waals surface area contributed by atoms with Crippen LogP contribution in [0.3, 0.4) is 0 Å². The van der Waals surface area contributed by atoms with E-state index in [1.165, 1.54) is 12.1 Å². The first kappa shape index (κ1) is 14.3. The minimum Gasteiger partial charge on any atom is -0.491 e. The highest BCUT2D eigenvalue weighted by molar-refractivity contribution is 7.89. The SMILES string of the molecule is Cc1cc(S(N)(=O)=O)ccc1OCC1CCCCO1. The lowest BCUT2D eigenvalue weighted by molar-refractivity contribution is -0.0112. The summed E-state index contributed by atoms with van der Waals surface area (Å²) in [7, 11) is -3.66. The van der Waals surface area contributed by atoms with Gasteiger partial charge in [-0.3, -0.25) is 0 Å². The van der Waals surface area contributed by atoms with Crippen molar-refractivity contribution < 1.29 is 17.9 Å². The van der Waals surface area contributed by atoms with Crippen LogP contribution in [0.15, 0.2) is 23.1 Å². The molecule has 0 saturated carbocycles. The molecule has 0 aliphatic carbocycles. The van der Waals surface area contributed by atoms with Gasteiger partial charge >= 0.3 is 0 Å². The van der Waals surface area contributed by atoms with Crippen molar-refractivity contribution in [1.29, 1.82) is 0 Å². The first-order valence-corrected chi connectivity index (χ1v) is 7.89. The smallest absolute Gasteiger partial charge is 0.238 e. The summed E-state index contributed by atoms with van der Waals surface area (Å²) in [6.07, 6.45) is 3.41. The second kappa shape index (κ2) is 5.90. The average Bonchev–Trinajstić information content (AvgIpc) is 2.37. The summed E-state index contributed by atoms with van der Waals surface area (Å²) in [6.45, 7) is 3.08. The molecule has 1 aliphatic heterocycles. The van der Waals surface area contributed by atoms with Gasteiger partial charge in [0, 0.05) is 6.61 Å². The second-order valence-corrected chi connectivity index (χ2v) is 6.33. The van der Waals surface area contributed by atoms with E-state index in [9.17, 15) is 8.42 Å². The number of rotatable bonds is 4. The van der Waals surface area contributed by atoms with E-state index in [0.717, 1.165) is 31.4 Å². The quantitative estimate of drug-likeness (QED) is 0.911. The molecule has 6 heteroatoms. The average molecular weight is 285 g/mol. The van der Waals surface area contributed by atoms with E-state index in [1.807, 2.05) is 0 Å². The van der Waals surface area contributed by atoms with Crippen LogP contribution in [0.4, 0.5) is 0 Å². The molecule has 19 heavy (non-hydrogen) atoms. The van der Waals surface area contributed by atoms with Crippen molar-refractivity contribution in [2.75, 3.05) is 13.2 Å². The maximum atomic E-state index is 11.2. The van der Waals surface area contributed by atoms with Crippen LogP contribution >= 0.6 is 0 Å². The minimum absolute atomic E-state index is 0.103. The Hall–Kier alpha value is -1.11. The summed E-state index contributed by atoms with van der Waals surface area (Å²) < 4.78 is 33.7. The van der Waals surface area contributed by atoms with Crippen LogP contribution in [0.2, 0.25) is 0 Å². The number of sulfonamides is 1. The molecule has 1 fully saturated rings. The molecule has 0 aromatic heterocycles. The van der Waals surface area contributed by atoms with E-state index in [2.05, 4.69) is 0 Å². The summed E-state index contributed by atoms with van der Waals surface area (Å²) >= 11 is 0. The minimum atomic E-state index is -3.66. The molecule has 1 atom stereocenters. The molecule has 1 unspecified atom stereocenters. The highest BCUT2D eigenvalue weighted by atomic mass is 32.2.